The van der Waals surface area contributed by atoms with Crippen LogP contribution in [0.15, 0.2) is 72.8 Å². The van der Waals surface area contributed by atoms with Gasteiger partial charge in [0.25, 0.3) is 5.91 Å². The summed E-state index contributed by atoms with van der Waals surface area (Å²) in [6.07, 6.45) is 0. The highest BCUT2D eigenvalue weighted by atomic mass is 16.5. The van der Waals surface area contributed by atoms with Gasteiger partial charge in [-0.15, -0.1) is 0 Å². The van der Waals surface area contributed by atoms with Gasteiger partial charge >= 0.3 is 0 Å². The number of carbonyl (C=O) groups is 1. The lowest BCUT2D eigenvalue weighted by atomic mass is 9.87. The number of carbonyl (C=O) groups excluding carboxylic acids is 1. The predicted molar refractivity (Wildman–Crippen MR) is 115 cm³/mol. The Morgan fingerprint density at radius 2 is 1.61 bits per heavy atom. The van der Waals surface area contributed by atoms with Crippen LogP contribution in [0.25, 0.3) is 0 Å². The monoisotopic (exact) mass is 373 g/mol. The first-order valence-corrected chi connectivity index (χ1v) is 9.51. The topological polar surface area (TPSA) is 38.3 Å². The third-order valence-electron chi connectivity index (χ3n) is 4.62. The van der Waals surface area contributed by atoms with Crippen molar-refractivity contribution in [2.75, 3.05) is 5.32 Å². The summed E-state index contributed by atoms with van der Waals surface area (Å²) in [7, 11) is 0. The number of ether oxygens (including phenoxy) is 1. The molecule has 3 heteroatoms. The number of rotatable bonds is 5. The van der Waals surface area contributed by atoms with E-state index in [1.54, 1.807) is 0 Å². The van der Waals surface area contributed by atoms with Gasteiger partial charge in [-0.2, -0.15) is 0 Å². The summed E-state index contributed by atoms with van der Waals surface area (Å²) in [5, 5.41) is 2.92. The van der Waals surface area contributed by atoms with Crippen molar-refractivity contribution < 1.29 is 9.53 Å². The van der Waals surface area contributed by atoms with Crippen molar-refractivity contribution >= 4 is 11.6 Å². The normalized spacial score (nSPS) is 11.1. The fourth-order valence-corrected chi connectivity index (χ4v) is 2.90. The lowest BCUT2D eigenvalue weighted by molar-refractivity contribution is 0.102. The molecule has 0 aliphatic rings. The van der Waals surface area contributed by atoms with Crippen LogP contribution in [0.1, 0.15) is 47.8 Å². The average Bonchev–Trinajstić information content (AvgIpc) is 2.66. The molecule has 3 nitrogen and oxygen atoms in total. The van der Waals surface area contributed by atoms with Crippen molar-refractivity contribution in [1.29, 1.82) is 0 Å². The Kier molecular flexibility index (Phi) is 5.84. The molecule has 1 N–H and O–H groups in total. The molecule has 0 spiro atoms. The zero-order chi connectivity index (χ0) is 20.1. The van der Waals surface area contributed by atoms with Crippen molar-refractivity contribution in [3.63, 3.8) is 0 Å². The molecule has 0 fully saturated rings. The molecule has 0 aliphatic carbocycles. The van der Waals surface area contributed by atoms with Crippen LogP contribution >= 0.6 is 0 Å². The Morgan fingerprint density at radius 1 is 0.929 bits per heavy atom. The molecule has 0 bridgehead atoms. The van der Waals surface area contributed by atoms with Crippen molar-refractivity contribution in [1.82, 2.24) is 0 Å². The van der Waals surface area contributed by atoms with Gasteiger partial charge in [0.15, 0.2) is 0 Å². The van der Waals surface area contributed by atoms with Crippen LogP contribution in [0, 0.1) is 6.92 Å². The summed E-state index contributed by atoms with van der Waals surface area (Å²) < 4.78 is 5.87. The molecule has 0 saturated carbocycles. The van der Waals surface area contributed by atoms with Gasteiger partial charge in [-0.3, -0.25) is 4.79 Å². The third kappa shape index (κ3) is 5.23. The fourth-order valence-electron chi connectivity index (χ4n) is 2.90. The van der Waals surface area contributed by atoms with Gasteiger partial charge in [-0.05, 0) is 65.4 Å². The standard InChI is InChI=1S/C25H27NO2/c1-18-6-5-7-22(16-18)26-24(27)20-10-8-19(9-11-20)17-28-23-14-12-21(13-15-23)25(2,3)4/h5-16H,17H2,1-4H3,(H,26,27). The zero-order valence-electron chi connectivity index (χ0n) is 17.0. The predicted octanol–water partition coefficient (Wildman–Crippen LogP) is 6.12. The van der Waals surface area contributed by atoms with Gasteiger partial charge in [0.2, 0.25) is 0 Å². The smallest absolute Gasteiger partial charge is 0.255 e. The van der Waals surface area contributed by atoms with Crippen LogP contribution in [0.5, 0.6) is 5.75 Å². The van der Waals surface area contributed by atoms with Crippen LogP contribution in [-0.2, 0) is 12.0 Å². The average molecular weight is 373 g/mol. The van der Waals surface area contributed by atoms with Crippen LogP contribution in [0.3, 0.4) is 0 Å². The summed E-state index contributed by atoms with van der Waals surface area (Å²) in [6.45, 7) is 9.05. The Bertz CT molecular complexity index is 936. The highest BCUT2D eigenvalue weighted by molar-refractivity contribution is 6.04. The summed E-state index contributed by atoms with van der Waals surface area (Å²) in [5.74, 6) is 0.727. The molecule has 0 radical (unpaired) electrons. The molecule has 0 saturated heterocycles. The number of hydrogen-bond acceptors (Lipinski definition) is 2. The minimum Gasteiger partial charge on any atom is -0.489 e. The highest BCUT2D eigenvalue weighted by Crippen LogP contribution is 2.24. The number of aryl methyl sites for hydroxylation is 1. The van der Waals surface area contributed by atoms with E-state index < -0.39 is 0 Å². The van der Waals surface area contributed by atoms with Crippen molar-refractivity contribution in [2.45, 2.75) is 39.7 Å². The minimum absolute atomic E-state index is 0.115. The molecule has 3 aromatic carbocycles. The second-order valence-electron chi connectivity index (χ2n) is 8.08. The van der Waals surface area contributed by atoms with Gasteiger partial charge in [-0.25, -0.2) is 0 Å². The molecule has 0 heterocycles. The second-order valence-corrected chi connectivity index (χ2v) is 8.08. The number of amides is 1. The summed E-state index contributed by atoms with van der Waals surface area (Å²) in [5.41, 5.74) is 4.97. The van der Waals surface area contributed by atoms with E-state index in [9.17, 15) is 4.79 Å². The van der Waals surface area contributed by atoms with E-state index in [2.05, 4.69) is 38.2 Å². The van der Waals surface area contributed by atoms with E-state index in [1.807, 2.05) is 67.6 Å². The largest absolute Gasteiger partial charge is 0.489 e. The Labute approximate surface area is 167 Å². The highest BCUT2D eigenvalue weighted by Gasteiger charge is 2.13. The maximum Gasteiger partial charge on any atom is 0.255 e. The van der Waals surface area contributed by atoms with E-state index in [-0.39, 0.29) is 11.3 Å². The number of hydrogen-bond donors (Lipinski definition) is 1. The van der Waals surface area contributed by atoms with Gasteiger partial charge in [0.05, 0.1) is 0 Å². The van der Waals surface area contributed by atoms with Crippen molar-refractivity contribution in [3.05, 3.63) is 95.1 Å². The summed E-state index contributed by atoms with van der Waals surface area (Å²) in [4.78, 5) is 12.4. The van der Waals surface area contributed by atoms with Gasteiger partial charge < -0.3 is 10.1 Å². The molecule has 0 aliphatic heterocycles. The Balaban J connectivity index is 1.57. The second kappa shape index (κ2) is 8.30. The fraction of sp³-hybridized carbons (Fsp3) is 0.240. The molecule has 3 aromatic rings. The first kappa shape index (κ1) is 19.7. The molecule has 3 rings (SSSR count). The van der Waals surface area contributed by atoms with Crippen LogP contribution in [0.2, 0.25) is 0 Å². The Morgan fingerprint density at radius 3 is 2.21 bits per heavy atom. The molecule has 1 amide bonds. The maximum absolute atomic E-state index is 12.4. The van der Waals surface area contributed by atoms with Crippen LogP contribution in [-0.4, -0.2) is 5.91 Å². The van der Waals surface area contributed by atoms with Gasteiger partial charge in [0.1, 0.15) is 12.4 Å². The summed E-state index contributed by atoms with van der Waals surface area (Å²) in [6, 6.07) is 23.5. The van der Waals surface area contributed by atoms with Crippen molar-refractivity contribution in [3.8, 4) is 5.75 Å². The molecular formula is C25H27NO2. The molecular weight excluding hydrogens is 346 g/mol. The third-order valence-corrected chi connectivity index (χ3v) is 4.62. The van der Waals surface area contributed by atoms with Gasteiger partial charge in [-0.1, -0.05) is 57.2 Å². The number of nitrogens with one attached hydrogen (secondary N) is 1. The first-order valence-electron chi connectivity index (χ1n) is 9.51. The number of anilines is 1. The Hall–Kier alpha value is -3.07. The molecule has 0 aromatic heterocycles. The number of benzene rings is 3. The molecule has 0 unspecified atom stereocenters. The van der Waals surface area contributed by atoms with Crippen molar-refractivity contribution in [2.24, 2.45) is 0 Å². The minimum atomic E-state index is -0.115. The summed E-state index contributed by atoms with van der Waals surface area (Å²) >= 11 is 0. The maximum atomic E-state index is 12.4. The SMILES string of the molecule is Cc1cccc(NC(=O)c2ccc(COc3ccc(C(C)(C)C)cc3)cc2)c1. The lowest BCUT2D eigenvalue weighted by Crippen LogP contribution is -2.12. The molecule has 0 atom stereocenters. The quantitative estimate of drug-likeness (QED) is 0.585. The van der Waals surface area contributed by atoms with E-state index in [0.29, 0.717) is 12.2 Å². The van der Waals surface area contributed by atoms with Crippen LogP contribution in [0.4, 0.5) is 5.69 Å². The van der Waals surface area contributed by atoms with E-state index in [0.717, 1.165) is 22.6 Å². The van der Waals surface area contributed by atoms with Crippen LogP contribution < -0.4 is 10.1 Å². The van der Waals surface area contributed by atoms with Gasteiger partial charge in [0, 0.05) is 11.3 Å². The van der Waals surface area contributed by atoms with E-state index >= 15 is 0 Å². The molecule has 28 heavy (non-hydrogen) atoms. The zero-order valence-corrected chi connectivity index (χ0v) is 17.0. The first-order chi connectivity index (χ1) is 13.3. The van der Waals surface area contributed by atoms with E-state index in [1.165, 1.54) is 5.56 Å². The van der Waals surface area contributed by atoms with E-state index in [4.69, 9.17) is 4.74 Å². The lowest BCUT2D eigenvalue weighted by Gasteiger charge is -2.19. The molecule has 144 valence electrons.